The van der Waals surface area contributed by atoms with Crippen molar-refractivity contribution in [2.45, 2.75) is 19.8 Å². The number of rotatable bonds is 8. The second-order valence-corrected chi connectivity index (χ2v) is 15.1. The zero-order valence-electron chi connectivity index (χ0n) is 32.5. The third-order valence-corrected chi connectivity index (χ3v) is 11.4. The molecule has 0 fully saturated rings. The molecule has 0 aliphatic heterocycles. The van der Waals surface area contributed by atoms with Crippen LogP contribution in [0.5, 0.6) is 0 Å². The molecule has 3 heterocycles. The van der Waals surface area contributed by atoms with Gasteiger partial charge in [-0.05, 0) is 77.2 Å². The van der Waals surface area contributed by atoms with Gasteiger partial charge in [-0.25, -0.2) is 15.0 Å². The molecule has 0 spiro atoms. The minimum atomic E-state index is 0.615. The molecule has 11 rings (SSSR count). The molecule has 11 aromatic rings. The molecule has 0 bridgehead atoms. The molecule has 0 aliphatic rings. The number of aryl methyl sites for hydroxylation is 1. The zero-order valence-corrected chi connectivity index (χ0v) is 32.5. The molecular weight excluding hydrogens is 721 g/mol. The second kappa shape index (κ2) is 14.4. The largest absolute Gasteiger partial charge is 0.456 e. The van der Waals surface area contributed by atoms with Gasteiger partial charge in [0.25, 0.3) is 0 Å². The maximum absolute atomic E-state index is 6.42. The molecule has 5 nitrogen and oxygen atoms in total. The Bertz CT molecular complexity index is 3270. The van der Waals surface area contributed by atoms with Gasteiger partial charge in [-0.2, -0.15) is 0 Å². The molecule has 0 aliphatic carbocycles. The predicted molar refractivity (Wildman–Crippen MR) is 243 cm³/mol. The van der Waals surface area contributed by atoms with Crippen LogP contribution in [0.4, 0.5) is 0 Å². The van der Waals surface area contributed by atoms with E-state index in [-0.39, 0.29) is 0 Å². The average Bonchev–Trinajstić information content (AvgIpc) is 3.84. The lowest BCUT2D eigenvalue weighted by Crippen LogP contribution is -2.02. The summed E-state index contributed by atoms with van der Waals surface area (Å²) in [6, 6.07) is 66.2. The topological polar surface area (TPSA) is 56.7 Å². The summed E-state index contributed by atoms with van der Waals surface area (Å²) in [5.74, 6) is 1.88. The van der Waals surface area contributed by atoms with Crippen molar-refractivity contribution < 1.29 is 4.42 Å². The van der Waals surface area contributed by atoms with Gasteiger partial charge < -0.3 is 8.98 Å². The van der Waals surface area contributed by atoms with E-state index in [4.69, 9.17) is 19.4 Å². The normalized spacial score (nSPS) is 11.6. The Morgan fingerprint density at radius 2 is 1.00 bits per heavy atom. The van der Waals surface area contributed by atoms with Crippen LogP contribution < -0.4 is 0 Å². The maximum atomic E-state index is 6.42. The molecular formula is C54H38N4O. The fourth-order valence-corrected chi connectivity index (χ4v) is 8.52. The van der Waals surface area contributed by atoms with Gasteiger partial charge >= 0.3 is 0 Å². The minimum absolute atomic E-state index is 0.615. The quantitative estimate of drug-likeness (QED) is 0.155. The summed E-state index contributed by atoms with van der Waals surface area (Å²) in [6.45, 7) is 2.22. The highest BCUT2D eigenvalue weighted by atomic mass is 16.3. The van der Waals surface area contributed by atoms with Crippen molar-refractivity contribution in [1.29, 1.82) is 0 Å². The number of nitrogens with zero attached hydrogens (tertiary/aromatic N) is 4. The third-order valence-electron chi connectivity index (χ3n) is 11.4. The summed E-state index contributed by atoms with van der Waals surface area (Å²) >= 11 is 0. The lowest BCUT2D eigenvalue weighted by Gasteiger charge is -2.16. The minimum Gasteiger partial charge on any atom is -0.456 e. The molecule has 0 saturated heterocycles. The van der Waals surface area contributed by atoms with Crippen LogP contribution in [0.1, 0.15) is 18.9 Å². The van der Waals surface area contributed by atoms with Crippen LogP contribution in [-0.2, 0) is 6.42 Å². The number of aromatic nitrogens is 4. The molecule has 59 heavy (non-hydrogen) atoms. The highest BCUT2D eigenvalue weighted by Gasteiger charge is 2.20. The number of furan rings is 1. The van der Waals surface area contributed by atoms with Gasteiger partial charge in [0.15, 0.2) is 17.5 Å². The molecule has 0 atom stereocenters. The molecule has 0 amide bonds. The molecule has 0 N–H and O–H groups in total. The summed E-state index contributed by atoms with van der Waals surface area (Å²) in [6.07, 6.45) is 2.18. The lowest BCUT2D eigenvalue weighted by molar-refractivity contribution is 0.669. The van der Waals surface area contributed by atoms with Crippen molar-refractivity contribution in [2.24, 2.45) is 0 Å². The molecule has 0 unspecified atom stereocenters. The summed E-state index contributed by atoms with van der Waals surface area (Å²) in [4.78, 5) is 15.2. The second-order valence-electron chi connectivity index (χ2n) is 15.1. The molecule has 280 valence electrons. The van der Waals surface area contributed by atoms with Crippen molar-refractivity contribution in [2.75, 3.05) is 0 Å². The van der Waals surface area contributed by atoms with Gasteiger partial charge in [0.05, 0.1) is 16.7 Å². The SMILES string of the molecule is CCCc1ccc2oc3cc(-c4ccc5c(c4)c4ccccc4n5-c4cc(-c5nc(-c6ccccc6)nc(-c6ccccc6)n5)ccc4-c4ccccc4)ccc3c2c1. The van der Waals surface area contributed by atoms with Crippen LogP contribution in [-0.4, -0.2) is 19.5 Å². The van der Waals surface area contributed by atoms with Gasteiger partial charge in [-0.15, -0.1) is 0 Å². The van der Waals surface area contributed by atoms with E-state index >= 15 is 0 Å². The van der Waals surface area contributed by atoms with Crippen molar-refractivity contribution >= 4 is 43.7 Å². The van der Waals surface area contributed by atoms with Gasteiger partial charge in [0.2, 0.25) is 0 Å². The molecule has 5 heteroatoms. The Labute approximate surface area is 341 Å². The Kier molecular flexibility index (Phi) is 8.44. The van der Waals surface area contributed by atoms with Crippen LogP contribution in [0.15, 0.2) is 192 Å². The lowest BCUT2D eigenvalue weighted by atomic mass is 10.00. The third kappa shape index (κ3) is 6.16. The summed E-state index contributed by atoms with van der Waals surface area (Å²) < 4.78 is 8.81. The number of fused-ring (bicyclic) bond motifs is 6. The van der Waals surface area contributed by atoms with E-state index in [0.29, 0.717) is 17.5 Å². The van der Waals surface area contributed by atoms with Crippen LogP contribution >= 0.6 is 0 Å². The first kappa shape index (κ1) is 34.6. The standard InChI is InChI=1S/C54H38N4O/c1-2-14-35-23-30-50-46(31-35)44-28-24-40(34-51(44)59-50)39-26-29-48-45(32-39)43-21-12-13-22-47(43)58(48)49-33-41(25-27-42(49)36-15-6-3-7-16-36)54-56-52(37-17-8-4-9-18-37)55-53(57-54)38-19-10-5-11-20-38/h3-13,15-34H,2,14H2,1H3. The molecule has 0 saturated carbocycles. The van der Waals surface area contributed by atoms with E-state index in [1.807, 2.05) is 60.7 Å². The van der Waals surface area contributed by atoms with E-state index in [1.165, 1.54) is 21.7 Å². The summed E-state index contributed by atoms with van der Waals surface area (Å²) in [5, 5.41) is 4.68. The zero-order chi connectivity index (χ0) is 39.3. The highest BCUT2D eigenvalue weighted by molar-refractivity contribution is 6.12. The Balaban J connectivity index is 1.10. The molecule has 3 aromatic heterocycles. The van der Waals surface area contributed by atoms with E-state index < -0.39 is 0 Å². The van der Waals surface area contributed by atoms with E-state index in [9.17, 15) is 0 Å². The number of hydrogen-bond donors (Lipinski definition) is 0. The Morgan fingerprint density at radius 3 is 1.71 bits per heavy atom. The van der Waals surface area contributed by atoms with Crippen molar-refractivity contribution in [3.05, 3.63) is 194 Å². The van der Waals surface area contributed by atoms with Crippen molar-refractivity contribution in [1.82, 2.24) is 19.5 Å². The van der Waals surface area contributed by atoms with Crippen LogP contribution in [0.2, 0.25) is 0 Å². The highest BCUT2D eigenvalue weighted by Crippen LogP contribution is 2.40. The number of hydrogen-bond acceptors (Lipinski definition) is 4. The Hall–Kier alpha value is -7.63. The Morgan fingerprint density at radius 1 is 0.407 bits per heavy atom. The number of benzene rings is 8. The first-order valence-corrected chi connectivity index (χ1v) is 20.2. The van der Waals surface area contributed by atoms with Crippen LogP contribution in [0, 0.1) is 0 Å². The van der Waals surface area contributed by atoms with Gasteiger partial charge in [0.1, 0.15) is 11.2 Å². The summed E-state index contributed by atoms with van der Waals surface area (Å²) in [5.41, 5.74) is 13.7. The first-order chi connectivity index (χ1) is 29.2. The molecule has 8 aromatic carbocycles. The maximum Gasteiger partial charge on any atom is 0.164 e. The van der Waals surface area contributed by atoms with Crippen LogP contribution in [0.25, 0.3) is 106 Å². The van der Waals surface area contributed by atoms with Crippen molar-refractivity contribution in [3.63, 3.8) is 0 Å². The number of para-hydroxylation sites is 1. The van der Waals surface area contributed by atoms with Crippen LogP contribution in [0.3, 0.4) is 0 Å². The van der Waals surface area contributed by atoms with Crippen molar-refractivity contribution in [3.8, 4) is 62.1 Å². The monoisotopic (exact) mass is 758 g/mol. The first-order valence-electron chi connectivity index (χ1n) is 20.2. The fraction of sp³-hybridized carbons (Fsp3) is 0.0556. The van der Waals surface area contributed by atoms with E-state index in [0.717, 1.165) is 85.1 Å². The van der Waals surface area contributed by atoms with Gasteiger partial charge in [-0.3, -0.25) is 0 Å². The fourth-order valence-electron chi connectivity index (χ4n) is 8.52. The van der Waals surface area contributed by atoms with Gasteiger partial charge in [0, 0.05) is 43.8 Å². The summed E-state index contributed by atoms with van der Waals surface area (Å²) in [7, 11) is 0. The smallest absolute Gasteiger partial charge is 0.164 e. The molecule has 0 radical (unpaired) electrons. The van der Waals surface area contributed by atoms with E-state index in [1.54, 1.807) is 0 Å². The van der Waals surface area contributed by atoms with Gasteiger partial charge in [-0.1, -0.05) is 153 Å². The van der Waals surface area contributed by atoms with E-state index in [2.05, 4.69) is 139 Å². The predicted octanol–water partition coefficient (Wildman–Crippen LogP) is 14.2. The average molecular weight is 759 g/mol.